The zero-order valence-electron chi connectivity index (χ0n) is 10.8. The summed E-state index contributed by atoms with van der Waals surface area (Å²) in [6, 6.07) is 6.60. The summed E-state index contributed by atoms with van der Waals surface area (Å²) in [7, 11) is 1.96. The second-order valence-electron chi connectivity index (χ2n) is 4.73. The van der Waals surface area contributed by atoms with Gasteiger partial charge in [-0.25, -0.2) is 0 Å². The molecule has 0 radical (unpaired) electrons. The number of nitrogens with one attached hydrogen (secondary N) is 2. The van der Waals surface area contributed by atoms with Gasteiger partial charge in [-0.3, -0.25) is 0 Å². The Morgan fingerprint density at radius 1 is 1.50 bits per heavy atom. The summed E-state index contributed by atoms with van der Waals surface area (Å²) in [5, 5.41) is 8.05. The van der Waals surface area contributed by atoms with Crippen LogP contribution in [0.2, 0.25) is 0 Å². The van der Waals surface area contributed by atoms with Crippen LogP contribution in [0.4, 0.5) is 5.69 Å². The van der Waals surface area contributed by atoms with Gasteiger partial charge in [0.15, 0.2) is 0 Å². The van der Waals surface area contributed by atoms with Gasteiger partial charge in [0, 0.05) is 55.4 Å². The molecular weight excluding hydrogens is 222 g/mol. The molecule has 0 aliphatic carbocycles. The zero-order chi connectivity index (χ0) is 12.5. The highest BCUT2D eigenvalue weighted by Crippen LogP contribution is 2.30. The number of hydrogen-bond acceptors (Lipinski definition) is 2. The van der Waals surface area contributed by atoms with Gasteiger partial charge in [0.25, 0.3) is 0 Å². The lowest BCUT2D eigenvalue weighted by Gasteiger charge is -2.16. The Morgan fingerprint density at radius 2 is 2.39 bits per heavy atom. The number of hydrogen-bond donors (Lipinski definition) is 2. The van der Waals surface area contributed by atoms with Crippen LogP contribution in [0.1, 0.15) is 11.3 Å². The van der Waals surface area contributed by atoms with E-state index >= 15 is 0 Å². The Balaban J connectivity index is 2.28. The molecule has 0 atom stereocenters. The molecule has 0 saturated carbocycles. The van der Waals surface area contributed by atoms with Crippen LogP contribution in [-0.4, -0.2) is 18.2 Å². The lowest BCUT2D eigenvalue weighted by molar-refractivity contribution is 0.614. The number of benzene rings is 1. The molecule has 0 bridgehead atoms. The van der Waals surface area contributed by atoms with Gasteiger partial charge >= 0.3 is 0 Å². The summed E-state index contributed by atoms with van der Waals surface area (Å²) in [5.74, 6) is 0. The second-order valence-corrected chi connectivity index (χ2v) is 4.73. The summed E-state index contributed by atoms with van der Waals surface area (Å²) < 4.78 is 2.40. The molecule has 0 fully saturated rings. The van der Waals surface area contributed by atoms with Crippen LogP contribution in [0.5, 0.6) is 0 Å². The number of fused-ring (bicyclic) bond motifs is 3. The van der Waals surface area contributed by atoms with E-state index in [4.69, 9.17) is 0 Å². The van der Waals surface area contributed by atoms with Crippen LogP contribution in [0, 0.1) is 0 Å². The van der Waals surface area contributed by atoms with Crippen LogP contribution in [0.25, 0.3) is 10.9 Å². The lowest BCUT2D eigenvalue weighted by atomic mass is 10.1. The van der Waals surface area contributed by atoms with Gasteiger partial charge in [0.1, 0.15) is 0 Å². The van der Waals surface area contributed by atoms with Crippen molar-refractivity contribution < 1.29 is 0 Å². The van der Waals surface area contributed by atoms with E-state index in [0.29, 0.717) is 0 Å². The van der Waals surface area contributed by atoms with Gasteiger partial charge < -0.3 is 15.2 Å². The molecule has 0 saturated heterocycles. The van der Waals surface area contributed by atoms with E-state index in [1.165, 1.54) is 27.8 Å². The number of aromatic nitrogens is 1. The molecule has 2 N–H and O–H groups in total. The van der Waals surface area contributed by atoms with Gasteiger partial charge in [-0.05, 0) is 23.8 Å². The number of allylic oxidation sites excluding steroid dienone is 1. The normalized spacial score (nSPS) is 14.5. The summed E-state index contributed by atoms with van der Waals surface area (Å²) in [6.07, 6.45) is 3.08. The summed E-state index contributed by atoms with van der Waals surface area (Å²) >= 11 is 0. The lowest BCUT2D eigenvalue weighted by Crippen LogP contribution is -2.24. The van der Waals surface area contributed by atoms with E-state index < -0.39 is 0 Å². The highest BCUT2D eigenvalue weighted by atomic mass is 15.0. The van der Waals surface area contributed by atoms with E-state index in [1.54, 1.807) is 0 Å². The van der Waals surface area contributed by atoms with Crippen molar-refractivity contribution in [3.63, 3.8) is 0 Å². The van der Waals surface area contributed by atoms with Gasteiger partial charge in [0.2, 0.25) is 0 Å². The van der Waals surface area contributed by atoms with E-state index in [2.05, 4.69) is 40.0 Å². The van der Waals surface area contributed by atoms with E-state index in [1.807, 2.05) is 13.1 Å². The first-order chi connectivity index (χ1) is 8.85. The topological polar surface area (TPSA) is 29.0 Å². The molecule has 3 rings (SSSR count). The van der Waals surface area contributed by atoms with Crippen molar-refractivity contribution in [1.29, 1.82) is 0 Å². The molecule has 1 aromatic carbocycles. The maximum atomic E-state index is 3.88. The van der Waals surface area contributed by atoms with E-state index in [9.17, 15) is 0 Å². The van der Waals surface area contributed by atoms with Crippen LogP contribution in [-0.2, 0) is 19.5 Å². The number of nitrogens with zero attached hydrogens (tertiary/aromatic N) is 1. The summed E-state index contributed by atoms with van der Waals surface area (Å²) in [6.45, 7) is 6.81. The number of anilines is 1. The van der Waals surface area contributed by atoms with Crippen LogP contribution >= 0.6 is 0 Å². The summed E-state index contributed by atoms with van der Waals surface area (Å²) in [4.78, 5) is 0. The van der Waals surface area contributed by atoms with E-state index in [0.717, 1.165) is 26.1 Å². The average molecular weight is 241 g/mol. The average Bonchev–Trinajstić information content (AvgIpc) is 2.74. The molecule has 94 valence electrons. The van der Waals surface area contributed by atoms with Crippen molar-refractivity contribution in [2.75, 3.05) is 18.9 Å². The predicted molar refractivity (Wildman–Crippen MR) is 77.1 cm³/mol. The smallest absolute Gasteiger partial charge is 0.0490 e. The Kier molecular flexibility index (Phi) is 2.84. The molecule has 3 nitrogen and oxygen atoms in total. The quantitative estimate of drug-likeness (QED) is 0.808. The SMILES string of the molecule is C=CCn1c2c(c3cc(NC)ccc31)CNCC2. The molecule has 1 aromatic heterocycles. The van der Waals surface area contributed by atoms with Crippen LogP contribution in [0.15, 0.2) is 30.9 Å². The highest BCUT2D eigenvalue weighted by molar-refractivity contribution is 5.88. The third kappa shape index (κ3) is 1.63. The third-order valence-electron chi connectivity index (χ3n) is 3.73. The molecule has 1 aliphatic rings. The van der Waals surface area contributed by atoms with Gasteiger partial charge in [-0.15, -0.1) is 6.58 Å². The second kappa shape index (κ2) is 4.50. The number of rotatable bonds is 3. The molecule has 2 aromatic rings. The Labute approximate surface area is 107 Å². The maximum Gasteiger partial charge on any atom is 0.0490 e. The molecule has 0 spiro atoms. The first kappa shape index (κ1) is 11.4. The fourth-order valence-corrected chi connectivity index (χ4v) is 2.87. The van der Waals surface area contributed by atoms with E-state index in [-0.39, 0.29) is 0 Å². The van der Waals surface area contributed by atoms with Crippen LogP contribution < -0.4 is 10.6 Å². The van der Waals surface area contributed by atoms with Crippen molar-refractivity contribution >= 4 is 16.6 Å². The molecule has 1 aliphatic heterocycles. The zero-order valence-corrected chi connectivity index (χ0v) is 10.8. The Morgan fingerprint density at radius 3 is 3.17 bits per heavy atom. The molecule has 0 unspecified atom stereocenters. The van der Waals surface area contributed by atoms with Gasteiger partial charge in [0.05, 0.1) is 0 Å². The molecule has 2 heterocycles. The molecule has 3 heteroatoms. The third-order valence-corrected chi connectivity index (χ3v) is 3.73. The molecule has 18 heavy (non-hydrogen) atoms. The monoisotopic (exact) mass is 241 g/mol. The molecule has 0 amide bonds. The minimum atomic E-state index is 0.894. The first-order valence-electron chi connectivity index (χ1n) is 6.48. The maximum absolute atomic E-state index is 3.88. The van der Waals surface area contributed by atoms with Crippen molar-refractivity contribution in [3.05, 3.63) is 42.1 Å². The van der Waals surface area contributed by atoms with Gasteiger partial charge in [-0.1, -0.05) is 6.08 Å². The minimum absolute atomic E-state index is 0.894. The standard InChI is InChI=1S/C15H19N3/c1-3-8-18-14-5-4-11(16-2)9-12(14)13-10-17-7-6-15(13)18/h3-5,9,16-17H,1,6-8,10H2,2H3. The van der Waals surface area contributed by atoms with Crippen molar-refractivity contribution in [1.82, 2.24) is 9.88 Å². The largest absolute Gasteiger partial charge is 0.388 e. The Bertz CT molecular complexity index is 595. The van der Waals surface area contributed by atoms with Crippen molar-refractivity contribution in [2.24, 2.45) is 0 Å². The van der Waals surface area contributed by atoms with Crippen molar-refractivity contribution in [3.8, 4) is 0 Å². The first-order valence-corrected chi connectivity index (χ1v) is 6.48. The van der Waals surface area contributed by atoms with Crippen molar-refractivity contribution in [2.45, 2.75) is 19.5 Å². The predicted octanol–water partition coefficient (Wildman–Crippen LogP) is 2.51. The fraction of sp³-hybridized carbons (Fsp3) is 0.333. The fourth-order valence-electron chi connectivity index (χ4n) is 2.87. The highest BCUT2D eigenvalue weighted by Gasteiger charge is 2.19. The minimum Gasteiger partial charge on any atom is -0.388 e. The van der Waals surface area contributed by atoms with Gasteiger partial charge in [-0.2, -0.15) is 0 Å². The molecular formula is C15H19N3. The Hall–Kier alpha value is -1.74. The summed E-state index contributed by atoms with van der Waals surface area (Å²) in [5.41, 5.74) is 5.42. The van der Waals surface area contributed by atoms with Crippen LogP contribution in [0.3, 0.4) is 0 Å².